The Kier molecular flexibility index (Phi) is 4.08. The summed E-state index contributed by atoms with van der Waals surface area (Å²) >= 11 is -1.61. The van der Waals surface area contributed by atoms with Gasteiger partial charge in [-0.2, -0.15) is 0 Å². The standard InChI is InChI=1S/C7H10BNO4S/c1-13-14(12)9-7-4-2-3-6(5-7)8(10)11/h2-5,9-11H,1H3. The summed E-state index contributed by atoms with van der Waals surface area (Å²) in [7, 11) is -0.235. The fraction of sp³-hybridized carbons (Fsp3) is 0.143. The lowest BCUT2D eigenvalue weighted by molar-refractivity contribution is 0.425. The third kappa shape index (κ3) is 3.11. The van der Waals surface area contributed by atoms with E-state index in [9.17, 15) is 4.21 Å². The van der Waals surface area contributed by atoms with Gasteiger partial charge in [0.15, 0.2) is 0 Å². The maximum atomic E-state index is 10.9. The van der Waals surface area contributed by atoms with Crippen LogP contribution in [0.5, 0.6) is 0 Å². The van der Waals surface area contributed by atoms with Crippen LogP contribution in [-0.2, 0) is 15.4 Å². The van der Waals surface area contributed by atoms with Crippen LogP contribution in [0.4, 0.5) is 5.69 Å². The first-order valence-corrected chi connectivity index (χ1v) is 4.90. The lowest BCUT2D eigenvalue weighted by Crippen LogP contribution is -2.29. The van der Waals surface area contributed by atoms with Gasteiger partial charge in [-0.1, -0.05) is 12.1 Å². The van der Waals surface area contributed by atoms with Crippen molar-refractivity contribution in [3.05, 3.63) is 24.3 Å². The Bertz CT molecular complexity index is 333. The maximum absolute atomic E-state index is 10.9. The van der Waals surface area contributed by atoms with Gasteiger partial charge in [0.1, 0.15) is 0 Å². The van der Waals surface area contributed by atoms with Crippen LogP contribution in [-0.4, -0.2) is 28.5 Å². The van der Waals surface area contributed by atoms with E-state index in [0.29, 0.717) is 11.2 Å². The molecule has 7 heteroatoms. The van der Waals surface area contributed by atoms with Crippen molar-refractivity contribution in [3.63, 3.8) is 0 Å². The van der Waals surface area contributed by atoms with Crippen LogP contribution in [0.3, 0.4) is 0 Å². The SMILES string of the molecule is COS(=O)Nc1cccc(B(O)O)c1. The molecule has 1 atom stereocenters. The molecule has 0 saturated carbocycles. The molecule has 0 bridgehead atoms. The molecule has 1 aromatic rings. The first-order chi connectivity index (χ1) is 6.63. The summed E-state index contributed by atoms with van der Waals surface area (Å²) in [4.78, 5) is 0. The molecule has 0 saturated heterocycles. The van der Waals surface area contributed by atoms with Crippen molar-refractivity contribution < 1.29 is 18.4 Å². The molecule has 0 aliphatic heterocycles. The summed E-state index contributed by atoms with van der Waals surface area (Å²) < 4.78 is 17.9. The fourth-order valence-electron chi connectivity index (χ4n) is 0.901. The van der Waals surface area contributed by atoms with Gasteiger partial charge >= 0.3 is 7.12 Å². The molecule has 0 radical (unpaired) electrons. The van der Waals surface area contributed by atoms with E-state index in [2.05, 4.69) is 8.91 Å². The zero-order chi connectivity index (χ0) is 10.6. The molecule has 76 valence electrons. The Morgan fingerprint density at radius 2 is 2.21 bits per heavy atom. The van der Waals surface area contributed by atoms with Gasteiger partial charge in [-0.3, -0.25) is 8.91 Å². The zero-order valence-electron chi connectivity index (χ0n) is 7.51. The largest absolute Gasteiger partial charge is 0.488 e. The van der Waals surface area contributed by atoms with Crippen LogP contribution in [0.25, 0.3) is 0 Å². The van der Waals surface area contributed by atoms with Crippen molar-refractivity contribution in [1.29, 1.82) is 0 Å². The van der Waals surface area contributed by atoms with Crippen LogP contribution in [0, 0.1) is 0 Å². The van der Waals surface area contributed by atoms with Crippen molar-refractivity contribution in [2.45, 2.75) is 0 Å². The quantitative estimate of drug-likeness (QED) is 0.563. The summed E-state index contributed by atoms with van der Waals surface area (Å²) in [5.74, 6) is 0. The predicted octanol–water partition coefficient (Wildman–Crippen LogP) is -0.997. The maximum Gasteiger partial charge on any atom is 0.488 e. The van der Waals surface area contributed by atoms with Crippen molar-refractivity contribution in [2.24, 2.45) is 0 Å². The number of hydrogen-bond acceptors (Lipinski definition) is 4. The average molecular weight is 215 g/mol. The van der Waals surface area contributed by atoms with Gasteiger partial charge in [-0.05, 0) is 17.6 Å². The minimum Gasteiger partial charge on any atom is -0.423 e. The van der Waals surface area contributed by atoms with Crippen molar-refractivity contribution in [1.82, 2.24) is 0 Å². The van der Waals surface area contributed by atoms with Crippen LogP contribution < -0.4 is 10.2 Å². The van der Waals surface area contributed by atoms with E-state index in [1.54, 1.807) is 18.2 Å². The molecular weight excluding hydrogens is 205 g/mol. The Morgan fingerprint density at radius 3 is 2.79 bits per heavy atom. The highest BCUT2D eigenvalue weighted by molar-refractivity contribution is 7.81. The van der Waals surface area contributed by atoms with E-state index >= 15 is 0 Å². The normalized spacial score (nSPS) is 12.2. The Labute approximate surface area is 84.7 Å². The van der Waals surface area contributed by atoms with Gasteiger partial charge in [-0.15, -0.1) is 0 Å². The van der Waals surface area contributed by atoms with Gasteiger partial charge in [0.2, 0.25) is 0 Å². The topological polar surface area (TPSA) is 78.8 Å². The van der Waals surface area contributed by atoms with E-state index < -0.39 is 18.4 Å². The first-order valence-electron chi connectivity index (χ1n) is 3.82. The van der Waals surface area contributed by atoms with Gasteiger partial charge in [0.05, 0.1) is 7.11 Å². The molecule has 14 heavy (non-hydrogen) atoms. The molecule has 0 heterocycles. The monoisotopic (exact) mass is 215 g/mol. The lowest BCUT2D eigenvalue weighted by Gasteiger charge is -2.05. The summed E-state index contributed by atoms with van der Waals surface area (Å²) in [6.07, 6.45) is 0. The molecular formula is C7H10BNO4S. The summed E-state index contributed by atoms with van der Waals surface area (Å²) in [6.45, 7) is 0. The van der Waals surface area contributed by atoms with Gasteiger partial charge in [0.25, 0.3) is 11.3 Å². The van der Waals surface area contributed by atoms with E-state index in [-0.39, 0.29) is 0 Å². The fourth-order valence-corrected chi connectivity index (χ4v) is 1.30. The molecule has 0 fully saturated rings. The predicted molar refractivity (Wildman–Crippen MR) is 55.0 cm³/mol. The molecule has 0 aromatic heterocycles. The highest BCUT2D eigenvalue weighted by Gasteiger charge is 2.10. The third-order valence-corrected chi connectivity index (χ3v) is 2.24. The second kappa shape index (κ2) is 5.11. The molecule has 1 rings (SSSR count). The van der Waals surface area contributed by atoms with Crippen molar-refractivity contribution in [2.75, 3.05) is 11.8 Å². The Hall–Kier alpha value is -0.885. The highest BCUT2D eigenvalue weighted by Crippen LogP contribution is 2.05. The summed E-state index contributed by atoms with van der Waals surface area (Å²) in [6, 6.07) is 6.28. The number of rotatable bonds is 4. The number of anilines is 1. The van der Waals surface area contributed by atoms with Crippen LogP contribution in [0.15, 0.2) is 24.3 Å². The molecule has 1 unspecified atom stereocenters. The second-order valence-corrected chi connectivity index (χ2v) is 3.51. The van der Waals surface area contributed by atoms with E-state index in [0.717, 1.165) is 0 Å². The molecule has 0 aliphatic rings. The minimum absolute atomic E-state index is 0.322. The van der Waals surface area contributed by atoms with Crippen molar-refractivity contribution >= 4 is 29.5 Å². The van der Waals surface area contributed by atoms with E-state index in [1.807, 2.05) is 0 Å². The highest BCUT2D eigenvalue weighted by atomic mass is 32.2. The molecule has 0 amide bonds. The molecule has 0 aliphatic carbocycles. The Morgan fingerprint density at radius 1 is 1.50 bits per heavy atom. The zero-order valence-corrected chi connectivity index (χ0v) is 8.32. The number of nitrogens with one attached hydrogen (secondary N) is 1. The van der Waals surface area contributed by atoms with Gasteiger partial charge < -0.3 is 10.0 Å². The van der Waals surface area contributed by atoms with Crippen LogP contribution >= 0.6 is 0 Å². The third-order valence-electron chi connectivity index (χ3n) is 1.54. The molecule has 0 spiro atoms. The van der Waals surface area contributed by atoms with Crippen molar-refractivity contribution in [3.8, 4) is 0 Å². The van der Waals surface area contributed by atoms with Crippen LogP contribution in [0.1, 0.15) is 0 Å². The second-order valence-electron chi connectivity index (χ2n) is 2.50. The lowest BCUT2D eigenvalue weighted by atomic mass is 9.80. The number of benzene rings is 1. The van der Waals surface area contributed by atoms with E-state index in [1.165, 1.54) is 13.2 Å². The van der Waals surface area contributed by atoms with Crippen LogP contribution in [0.2, 0.25) is 0 Å². The summed E-state index contributed by atoms with van der Waals surface area (Å²) in [5.41, 5.74) is 0.818. The van der Waals surface area contributed by atoms with E-state index in [4.69, 9.17) is 10.0 Å². The average Bonchev–Trinajstić information content (AvgIpc) is 2.18. The smallest absolute Gasteiger partial charge is 0.423 e. The van der Waals surface area contributed by atoms with Gasteiger partial charge in [0, 0.05) is 5.69 Å². The minimum atomic E-state index is -1.61. The first kappa shape index (κ1) is 11.2. The summed E-state index contributed by atoms with van der Waals surface area (Å²) in [5, 5.41) is 17.7. The number of hydrogen-bond donors (Lipinski definition) is 3. The van der Waals surface area contributed by atoms with Gasteiger partial charge in [-0.25, -0.2) is 4.21 Å². The molecule has 5 nitrogen and oxygen atoms in total. The molecule has 3 N–H and O–H groups in total. The molecule has 1 aromatic carbocycles. The Balaban J connectivity index is 2.78.